The predicted molar refractivity (Wildman–Crippen MR) is 40.7 cm³/mol. The van der Waals surface area contributed by atoms with Crippen molar-refractivity contribution < 1.29 is 0 Å². The lowest BCUT2D eigenvalue weighted by Crippen LogP contribution is -1.86. The summed E-state index contributed by atoms with van der Waals surface area (Å²) in [5.74, 6) is 0. The average Bonchev–Trinajstić information content (AvgIpc) is 2.21. The number of rotatable bonds is 1. The van der Waals surface area contributed by atoms with Gasteiger partial charge in [-0.2, -0.15) is 0 Å². The first-order valence-electron chi connectivity index (χ1n) is 3.33. The van der Waals surface area contributed by atoms with Crippen molar-refractivity contribution in [1.29, 1.82) is 0 Å². The molecule has 0 amide bonds. The standard InChI is InChI=1S/C8H4N4/c1-2-12-8(5-9-1)7-3-10-6-11-4-7/h2-5H. The van der Waals surface area contributed by atoms with Gasteiger partial charge in [0.2, 0.25) is 0 Å². The van der Waals surface area contributed by atoms with E-state index >= 15 is 0 Å². The lowest BCUT2D eigenvalue weighted by atomic mass is 10.2. The van der Waals surface area contributed by atoms with Crippen molar-refractivity contribution in [3.8, 4) is 11.3 Å². The minimum Gasteiger partial charge on any atom is -0.252 e. The van der Waals surface area contributed by atoms with Gasteiger partial charge in [0, 0.05) is 18.0 Å². The molecule has 0 atom stereocenters. The van der Waals surface area contributed by atoms with Crippen molar-refractivity contribution in [2.45, 2.75) is 0 Å². The van der Waals surface area contributed by atoms with E-state index in [0.717, 1.165) is 11.3 Å². The monoisotopic (exact) mass is 156 g/mol. The Morgan fingerprint density at radius 3 is 2.50 bits per heavy atom. The van der Waals surface area contributed by atoms with Crippen molar-refractivity contribution in [3.63, 3.8) is 0 Å². The van der Waals surface area contributed by atoms with Gasteiger partial charge in [0.1, 0.15) is 6.20 Å². The molecule has 0 aliphatic carbocycles. The van der Waals surface area contributed by atoms with Crippen molar-refractivity contribution in [2.75, 3.05) is 0 Å². The van der Waals surface area contributed by atoms with Crippen LogP contribution in [-0.4, -0.2) is 19.9 Å². The molecular weight excluding hydrogens is 152 g/mol. The number of hydrogen-bond donors (Lipinski definition) is 0. The van der Waals surface area contributed by atoms with Gasteiger partial charge >= 0.3 is 0 Å². The highest BCUT2D eigenvalue weighted by Gasteiger charge is 1.96. The Hall–Kier alpha value is -1.84. The minimum atomic E-state index is 0.739. The van der Waals surface area contributed by atoms with Crippen LogP contribution < -0.4 is 0 Å². The molecule has 0 aromatic carbocycles. The molecule has 0 saturated heterocycles. The zero-order chi connectivity index (χ0) is 8.23. The van der Waals surface area contributed by atoms with Crippen LogP contribution in [0.1, 0.15) is 0 Å². The molecule has 2 rings (SSSR count). The van der Waals surface area contributed by atoms with Crippen LogP contribution in [0.25, 0.3) is 11.3 Å². The van der Waals surface area contributed by atoms with Crippen LogP contribution in [-0.2, 0) is 0 Å². The Bertz CT molecular complexity index is 308. The third-order valence-electron chi connectivity index (χ3n) is 1.34. The van der Waals surface area contributed by atoms with Gasteiger partial charge in [-0.25, -0.2) is 9.97 Å². The Kier molecular flexibility index (Phi) is 1.74. The van der Waals surface area contributed by atoms with Gasteiger partial charge in [0.25, 0.3) is 0 Å². The van der Waals surface area contributed by atoms with E-state index in [2.05, 4.69) is 32.5 Å². The van der Waals surface area contributed by atoms with Crippen LogP contribution in [0.2, 0.25) is 0 Å². The molecule has 0 spiro atoms. The number of hydrogen-bond acceptors (Lipinski definition) is 4. The molecule has 0 N–H and O–H groups in total. The quantitative estimate of drug-likeness (QED) is 0.604. The fraction of sp³-hybridized carbons (Fsp3) is 0. The fourth-order valence-electron chi connectivity index (χ4n) is 0.808. The second-order valence-electron chi connectivity index (χ2n) is 2.10. The fourth-order valence-corrected chi connectivity index (χ4v) is 0.808. The summed E-state index contributed by atoms with van der Waals surface area (Å²) in [6.45, 7) is 0. The SMILES string of the molecule is [c]1ncc(-c2cn[c]cn2)cn1. The van der Waals surface area contributed by atoms with Gasteiger partial charge in [0.05, 0.1) is 18.1 Å². The highest BCUT2D eigenvalue weighted by atomic mass is 14.8. The maximum atomic E-state index is 4.04. The smallest absolute Gasteiger partial charge is 0.197 e. The third kappa shape index (κ3) is 1.27. The molecule has 0 aliphatic rings. The molecule has 0 bridgehead atoms. The van der Waals surface area contributed by atoms with Crippen LogP contribution in [0.4, 0.5) is 0 Å². The van der Waals surface area contributed by atoms with Crippen LogP contribution in [0.3, 0.4) is 0 Å². The first kappa shape index (κ1) is 6.84. The van der Waals surface area contributed by atoms with Gasteiger partial charge in [-0.3, -0.25) is 9.97 Å². The molecule has 0 unspecified atom stereocenters. The lowest BCUT2D eigenvalue weighted by Gasteiger charge is -1.94. The molecular formula is C8H4N4. The molecule has 2 aromatic heterocycles. The number of nitrogens with zero attached hydrogens (tertiary/aromatic N) is 4. The lowest BCUT2D eigenvalue weighted by molar-refractivity contribution is 1.13. The van der Waals surface area contributed by atoms with Crippen LogP contribution in [0.5, 0.6) is 0 Å². The summed E-state index contributed by atoms with van der Waals surface area (Å²) in [5.41, 5.74) is 1.57. The van der Waals surface area contributed by atoms with Gasteiger partial charge in [0.15, 0.2) is 6.33 Å². The van der Waals surface area contributed by atoms with Gasteiger partial charge in [-0.15, -0.1) is 0 Å². The molecule has 0 saturated carbocycles. The van der Waals surface area contributed by atoms with E-state index in [1.54, 1.807) is 18.6 Å². The summed E-state index contributed by atoms with van der Waals surface area (Å²) in [5, 5.41) is 0. The topological polar surface area (TPSA) is 51.6 Å². The van der Waals surface area contributed by atoms with Crippen molar-refractivity contribution >= 4 is 0 Å². The summed E-state index contributed by atoms with van der Waals surface area (Å²) < 4.78 is 0. The van der Waals surface area contributed by atoms with E-state index in [4.69, 9.17) is 0 Å². The van der Waals surface area contributed by atoms with E-state index in [1.807, 2.05) is 0 Å². The average molecular weight is 156 g/mol. The zero-order valence-electron chi connectivity index (χ0n) is 6.10. The van der Waals surface area contributed by atoms with E-state index < -0.39 is 0 Å². The van der Waals surface area contributed by atoms with E-state index in [0.29, 0.717) is 0 Å². The highest BCUT2D eigenvalue weighted by Crippen LogP contribution is 2.10. The summed E-state index contributed by atoms with van der Waals surface area (Å²) in [7, 11) is 0. The maximum Gasteiger partial charge on any atom is 0.197 e. The molecule has 2 heterocycles. The highest BCUT2D eigenvalue weighted by molar-refractivity contribution is 5.54. The summed E-state index contributed by atoms with van der Waals surface area (Å²) in [6.07, 6.45) is 11.4. The Morgan fingerprint density at radius 1 is 1.00 bits per heavy atom. The molecule has 2 radical (unpaired) electrons. The summed E-state index contributed by atoms with van der Waals surface area (Å²) >= 11 is 0. The van der Waals surface area contributed by atoms with Gasteiger partial charge < -0.3 is 0 Å². The Labute approximate surface area is 69.4 Å². The molecule has 0 aliphatic heterocycles. The summed E-state index contributed by atoms with van der Waals surface area (Å²) in [6, 6.07) is 0. The number of aromatic nitrogens is 4. The first-order chi connectivity index (χ1) is 5.97. The van der Waals surface area contributed by atoms with E-state index in [9.17, 15) is 0 Å². The van der Waals surface area contributed by atoms with Crippen LogP contribution >= 0.6 is 0 Å². The second kappa shape index (κ2) is 3.04. The Balaban J connectivity index is 2.46. The molecule has 4 nitrogen and oxygen atoms in total. The largest absolute Gasteiger partial charge is 0.252 e. The van der Waals surface area contributed by atoms with Gasteiger partial charge in [-0.05, 0) is 0 Å². The molecule has 2 aromatic rings. The molecule has 12 heavy (non-hydrogen) atoms. The molecule has 4 heteroatoms. The summed E-state index contributed by atoms with van der Waals surface area (Å²) in [4.78, 5) is 15.3. The van der Waals surface area contributed by atoms with Crippen LogP contribution in [0.15, 0.2) is 24.8 Å². The van der Waals surface area contributed by atoms with Crippen molar-refractivity contribution in [1.82, 2.24) is 19.9 Å². The van der Waals surface area contributed by atoms with E-state index in [-0.39, 0.29) is 0 Å². The minimum absolute atomic E-state index is 0.739. The predicted octanol–water partition coefficient (Wildman–Crippen LogP) is 0.534. The third-order valence-corrected chi connectivity index (χ3v) is 1.34. The van der Waals surface area contributed by atoms with Crippen molar-refractivity contribution in [3.05, 3.63) is 37.3 Å². The van der Waals surface area contributed by atoms with E-state index in [1.165, 1.54) is 6.20 Å². The normalized spacial score (nSPS) is 9.67. The maximum absolute atomic E-state index is 4.04. The first-order valence-corrected chi connectivity index (χ1v) is 3.33. The van der Waals surface area contributed by atoms with Crippen molar-refractivity contribution in [2.24, 2.45) is 0 Å². The van der Waals surface area contributed by atoms with Crippen LogP contribution in [0, 0.1) is 12.5 Å². The molecule has 0 fully saturated rings. The Morgan fingerprint density at radius 2 is 1.83 bits per heavy atom. The molecule has 56 valence electrons. The zero-order valence-corrected chi connectivity index (χ0v) is 6.10. The second-order valence-corrected chi connectivity index (χ2v) is 2.10. The van der Waals surface area contributed by atoms with Gasteiger partial charge in [-0.1, -0.05) is 0 Å².